The van der Waals surface area contributed by atoms with Gasteiger partial charge in [-0.15, -0.1) is 0 Å². The molecular formula is C34H49N7O2Si. The summed E-state index contributed by atoms with van der Waals surface area (Å²) in [5.41, 5.74) is 5.41. The number of carbonyl (C=O) groups excluding carboxylic acids is 1. The second kappa shape index (κ2) is 14.6. The van der Waals surface area contributed by atoms with Crippen LogP contribution >= 0.6 is 0 Å². The molecule has 0 atom stereocenters. The summed E-state index contributed by atoms with van der Waals surface area (Å²) in [4.78, 5) is 32.2. The number of nitrogens with zero attached hydrogens (tertiary/aromatic N) is 6. The molecule has 1 aliphatic rings. The Labute approximate surface area is 263 Å². The van der Waals surface area contributed by atoms with E-state index < -0.39 is 8.07 Å². The van der Waals surface area contributed by atoms with Gasteiger partial charge in [0.05, 0.1) is 22.2 Å². The lowest BCUT2D eigenvalue weighted by molar-refractivity contribution is 0.0686. The fourth-order valence-corrected chi connectivity index (χ4v) is 6.60. The average molecular weight is 616 g/mol. The number of hydrogen-bond donors (Lipinski definition) is 1. The standard InChI is InChI=1S/C34H49N7O2Si/c1-6-40(7-2)34(42)33-38-31-22-26(12-13-32(31)41(33)25-43-20-21-44(3,4)5)29-23-30(27-24-35-16-14-28(27)37-29)36-15-11-19-39-17-9-8-10-18-39/h12-14,16,22-24H,6-11,15,17-21,25H2,1-5H3,(H,36,37). The van der Waals surface area contributed by atoms with E-state index in [1.807, 2.05) is 47.7 Å². The number of hydrogen-bond acceptors (Lipinski definition) is 7. The summed E-state index contributed by atoms with van der Waals surface area (Å²) in [5, 5.41) is 4.69. The number of ether oxygens (including phenoxy) is 1. The predicted molar refractivity (Wildman–Crippen MR) is 183 cm³/mol. The number of aromatic nitrogens is 4. The lowest BCUT2D eigenvalue weighted by atomic mass is 10.1. The maximum absolute atomic E-state index is 13.5. The van der Waals surface area contributed by atoms with E-state index in [4.69, 9.17) is 14.7 Å². The fraction of sp³-hybridized carbons (Fsp3) is 0.529. The van der Waals surface area contributed by atoms with Crippen LogP contribution in [0.2, 0.25) is 25.7 Å². The van der Waals surface area contributed by atoms with Crippen molar-refractivity contribution in [3.8, 4) is 11.3 Å². The third-order valence-corrected chi connectivity index (χ3v) is 10.2. The number of anilines is 1. The maximum atomic E-state index is 13.5. The number of amides is 1. The van der Waals surface area contributed by atoms with Crippen molar-refractivity contribution in [1.29, 1.82) is 0 Å². The number of likely N-dealkylation sites (tertiary alicyclic amines) is 1. The minimum absolute atomic E-state index is 0.0751. The first-order chi connectivity index (χ1) is 21.3. The van der Waals surface area contributed by atoms with Crippen molar-refractivity contribution >= 4 is 41.6 Å². The van der Waals surface area contributed by atoms with E-state index in [-0.39, 0.29) is 5.91 Å². The Bertz CT molecular complexity index is 1550. The molecule has 4 aromatic rings. The van der Waals surface area contributed by atoms with Crippen molar-refractivity contribution < 1.29 is 9.53 Å². The SMILES string of the molecule is CCN(CC)C(=O)c1nc2cc(-c3cc(NCCCN4CCCCC4)c4cnccc4n3)ccc2n1COCC[Si](C)(C)C. The molecule has 1 N–H and O–H groups in total. The highest BCUT2D eigenvalue weighted by molar-refractivity contribution is 6.76. The number of carbonyl (C=O) groups is 1. The number of benzene rings is 1. The van der Waals surface area contributed by atoms with Gasteiger partial charge in [-0.3, -0.25) is 14.3 Å². The van der Waals surface area contributed by atoms with Crippen molar-refractivity contribution in [3.63, 3.8) is 0 Å². The van der Waals surface area contributed by atoms with E-state index in [1.165, 1.54) is 32.4 Å². The zero-order valence-corrected chi connectivity index (χ0v) is 28.2. The molecule has 0 unspecified atom stereocenters. The van der Waals surface area contributed by atoms with Crippen LogP contribution in [0.3, 0.4) is 0 Å². The lowest BCUT2D eigenvalue weighted by Crippen LogP contribution is -2.33. The van der Waals surface area contributed by atoms with Crippen LogP contribution in [-0.4, -0.2) is 89.2 Å². The zero-order valence-electron chi connectivity index (χ0n) is 27.2. The van der Waals surface area contributed by atoms with Gasteiger partial charge >= 0.3 is 0 Å². The first kappa shape index (κ1) is 32.1. The Kier molecular flexibility index (Phi) is 10.7. The molecule has 1 fully saturated rings. The summed E-state index contributed by atoms with van der Waals surface area (Å²) >= 11 is 0. The van der Waals surface area contributed by atoms with Crippen LogP contribution in [0.25, 0.3) is 33.2 Å². The van der Waals surface area contributed by atoms with Gasteiger partial charge in [-0.05, 0) is 83.1 Å². The summed E-state index contributed by atoms with van der Waals surface area (Å²) in [6, 6.07) is 11.3. The van der Waals surface area contributed by atoms with Crippen LogP contribution in [0.1, 0.15) is 50.1 Å². The van der Waals surface area contributed by atoms with Crippen molar-refractivity contribution in [2.45, 2.75) is 71.9 Å². The molecule has 0 bridgehead atoms. The second-order valence-corrected chi connectivity index (χ2v) is 18.6. The maximum Gasteiger partial charge on any atom is 0.289 e. The quantitative estimate of drug-likeness (QED) is 0.124. The summed E-state index contributed by atoms with van der Waals surface area (Å²) < 4.78 is 8.05. The number of rotatable bonds is 14. The number of piperidine rings is 1. The van der Waals surface area contributed by atoms with Crippen molar-refractivity contribution in [2.75, 3.05) is 51.2 Å². The van der Waals surface area contributed by atoms with Crippen molar-refractivity contribution in [3.05, 3.63) is 48.5 Å². The Balaban J connectivity index is 1.42. The molecule has 1 saturated heterocycles. The highest BCUT2D eigenvalue weighted by Crippen LogP contribution is 2.30. The smallest absolute Gasteiger partial charge is 0.289 e. The lowest BCUT2D eigenvalue weighted by Gasteiger charge is -2.26. The highest BCUT2D eigenvalue weighted by Gasteiger charge is 2.23. The molecule has 0 spiro atoms. The predicted octanol–water partition coefficient (Wildman–Crippen LogP) is 6.73. The average Bonchev–Trinajstić information content (AvgIpc) is 3.39. The van der Waals surface area contributed by atoms with Crippen LogP contribution < -0.4 is 5.32 Å². The van der Waals surface area contributed by atoms with E-state index in [0.29, 0.717) is 32.3 Å². The van der Waals surface area contributed by atoms with Gasteiger partial charge in [0, 0.05) is 63.3 Å². The molecule has 3 aromatic heterocycles. The summed E-state index contributed by atoms with van der Waals surface area (Å²) in [5.74, 6) is 0.344. The molecule has 44 heavy (non-hydrogen) atoms. The molecule has 9 nitrogen and oxygen atoms in total. The topological polar surface area (TPSA) is 88.4 Å². The molecular weight excluding hydrogens is 567 g/mol. The Hall–Kier alpha value is -3.34. The minimum atomic E-state index is -1.23. The van der Waals surface area contributed by atoms with Crippen LogP contribution in [0.5, 0.6) is 0 Å². The fourth-order valence-electron chi connectivity index (χ4n) is 5.84. The normalized spacial score (nSPS) is 14.4. The largest absolute Gasteiger partial charge is 0.384 e. The first-order valence-corrected chi connectivity index (χ1v) is 20.1. The molecule has 5 rings (SSSR count). The van der Waals surface area contributed by atoms with Crippen LogP contribution in [-0.2, 0) is 11.5 Å². The van der Waals surface area contributed by atoms with Gasteiger partial charge in [0.2, 0.25) is 5.82 Å². The highest BCUT2D eigenvalue weighted by atomic mass is 28.3. The second-order valence-electron chi connectivity index (χ2n) is 13.0. The molecule has 1 amide bonds. The zero-order chi connectivity index (χ0) is 31.1. The van der Waals surface area contributed by atoms with E-state index in [1.54, 1.807) is 6.20 Å². The van der Waals surface area contributed by atoms with E-state index in [9.17, 15) is 4.79 Å². The van der Waals surface area contributed by atoms with Crippen LogP contribution in [0, 0.1) is 0 Å². The molecule has 1 aromatic carbocycles. The minimum Gasteiger partial charge on any atom is -0.384 e. The number of imidazole rings is 1. The van der Waals surface area contributed by atoms with Gasteiger partial charge in [0.15, 0.2) is 0 Å². The van der Waals surface area contributed by atoms with Crippen molar-refractivity contribution in [2.24, 2.45) is 0 Å². The Morgan fingerprint density at radius 2 is 1.82 bits per heavy atom. The first-order valence-electron chi connectivity index (χ1n) is 16.4. The number of fused-ring (bicyclic) bond motifs is 2. The molecule has 0 aliphatic carbocycles. The van der Waals surface area contributed by atoms with Gasteiger partial charge in [0.1, 0.15) is 6.73 Å². The monoisotopic (exact) mass is 615 g/mol. The van der Waals surface area contributed by atoms with Crippen LogP contribution in [0.4, 0.5) is 5.69 Å². The van der Waals surface area contributed by atoms with Crippen LogP contribution in [0.15, 0.2) is 42.7 Å². The van der Waals surface area contributed by atoms with Gasteiger partial charge in [-0.2, -0.15) is 0 Å². The third-order valence-electron chi connectivity index (χ3n) is 8.53. The third kappa shape index (κ3) is 7.83. The van der Waals surface area contributed by atoms with E-state index in [2.05, 4.69) is 47.0 Å². The summed E-state index contributed by atoms with van der Waals surface area (Å²) in [6.45, 7) is 17.7. The number of pyridine rings is 2. The van der Waals surface area contributed by atoms with Gasteiger partial charge < -0.3 is 19.9 Å². The van der Waals surface area contributed by atoms with E-state index in [0.717, 1.165) is 64.4 Å². The summed E-state index contributed by atoms with van der Waals surface area (Å²) in [6.07, 6.45) is 8.76. The van der Waals surface area contributed by atoms with Crippen molar-refractivity contribution in [1.82, 2.24) is 29.3 Å². The van der Waals surface area contributed by atoms with Gasteiger partial charge in [-0.25, -0.2) is 9.97 Å². The molecule has 0 saturated carbocycles. The van der Waals surface area contributed by atoms with Gasteiger partial charge in [0.25, 0.3) is 5.91 Å². The Morgan fingerprint density at radius 1 is 1.02 bits per heavy atom. The Morgan fingerprint density at radius 3 is 2.57 bits per heavy atom. The molecule has 0 radical (unpaired) electrons. The van der Waals surface area contributed by atoms with E-state index >= 15 is 0 Å². The molecule has 1 aliphatic heterocycles. The number of nitrogens with one attached hydrogen (secondary N) is 1. The van der Waals surface area contributed by atoms with Gasteiger partial charge in [-0.1, -0.05) is 32.1 Å². The summed E-state index contributed by atoms with van der Waals surface area (Å²) in [7, 11) is -1.23. The molecule has 236 valence electrons. The molecule has 10 heteroatoms. The molecule has 4 heterocycles.